The minimum Gasteiger partial charge on any atom is -0.399 e. The van der Waals surface area contributed by atoms with Crippen molar-refractivity contribution in [1.82, 2.24) is 5.32 Å². The van der Waals surface area contributed by atoms with Gasteiger partial charge in [-0.15, -0.1) is 0 Å². The summed E-state index contributed by atoms with van der Waals surface area (Å²) in [5.41, 5.74) is 6.93. The number of nitrogen functional groups attached to an aromatic ring is 1. The van der Waals surface area contributed by atoms with Gasteiger partial charge < -0.3 is 11.1 Å². The summed E-state index contributed by atoms with van der Waals surface area (Å²) < 4.78 is 0. The average Bonchev–Trinajstić information content (AvgIpc) is 2.46. The second-order valence-corrected chi connectivity index (χ2v) is 6.98. The molecule has 1 aromatic carbocycles. The van der Waals surface area contributed by atoms with Gasteiger partial charge in [0.05, 0.1) is 5.41 Å². The molecule has 1 aliphatic carbocycles. The first-order valence-electron chi connectivity index (χ1n) is 8.05. The van der Waals surface area contributed by atoms with Gasteiger partial charge in [0.1, 0.15) is 0 Å². The quantitative estimate of drug-likeness (QED) is 0.833. The number of benzene rings is 1. The van der Waals surface area contributed by atoms with Gasteiger partial charge >= 0.3 is 0 Å². The first kappa shape index (κ1) is 15.9. The van der Waals surface area contributed by atoms with Crippen molar-refractivity contribution < 1.29 is 4.79 Å². The predicted octanol–water partition coefficient (Wildman–Crippen LogP) is 3.49. The molecule has 1 fully saturated rings. The molecule has 0 heterocycles. The number of carbonyl (C=O) groups excluding carboxylic acids is 1. The van der Waals surface area contributed by atoms with E-state index >= 15 is 0 Å². The van der Waals surface area contributed by atoms with Crippen LogP contribution in [0, 0.1) is 11.8 Å². The summed E-state index contributed by atoms with van der Waals surface area (Å²) in [5, 5.41) is 3.17. The van der Waals surface area contributed by atoms with Gasteiger partial charge in [-0.1, -0.05) is 38.3 Å². The summed E-state index contributed by atoms with van der Waals surface area (Å²) in [5.74, 6) is 1.45. The van der Waals surface area contributed by atoms with E-state index in [0.29, 0.717) is 5.92 Å². The summed E-state index contributed by atoms with van der Waals surface area (Å²) in [6.07, 6.45) is 5.17. The van der Waals surface area contributed by atoms with Crippen molar-refractivity contribution in [3.8, 4) is 0 Å². The van der Waals surface area contributed by atoms with E-state index in [1.165, 1.54) is 25.7 Å². The molecule has 0 spiro atoms. The second kappa shape index (κ2) is 6.50. The molecular weight excluding hydrogens is 260 g/mol. The van der Waals surface area contributed by atoms with Gasteiger partial charge in [0.2, 0.25) is 5.91 Å². The molecular formula is C18H28N2O. The fourth-order valence-electron chi connectivity index (χ4n) is 3.17. The third-order valence-corrected chi connectivity index (χ3v) is 5.01. The van der Waals surface area contributed by atoms with E-state index in [1.807, 2.05) is 38.1 Å². The molecule has 116 valence electrons. The van der Waals surface area contributed by atoms with Crippen molar-refractivity contribution in [3.05, 3.63) is 29.8 Å². The Morgan fingerprint density at radius 1 is 1.24 bits per heavy atom. The number of anilines is 1. The van der Waals surface area contributed by atoms with Crippen LogP contribution in [0.1, 0.15) is 52.0 Å². The Hall–Kier alpha value is -1.51. The van der Waals surface area contributed by atoms with Gasteiger partial charge in [-0.05, 0) is 49.8 Å². The first-order valence-corrected chi connectivity index (χ1v) is 8.05. The minimum atomic E-state index is -0.522. The number of amides is 1. The minimum absolute atomic E-state index is 0.102. The zero-order valence-corrected chi connectivity index (χ0v) is 13.5. The highest BCUT2D eigenvalue weighted by molar-refractivity contribution is 5.87. The van der Waals surface area contributed by atoms with Gasteiger partial charge in [0, 0.05) is 12.2 Å². The highest BCUT2D eigenvalue weighted by atomic mass is 16.2. The lowest BCUT2D eigenvalue weighted by atomic mass is 9.79. The fraction of sp³-hybridized carbons (Fsp3) is 0.611. The van der Waals surface area contributed by atoms with Crippen molar-refractivity contribution in [1.29, 1.82) is 0 Å². The van der Waals surface area contributed by atoms with Crippen LogP contribution in [0.2, 0.25) is 0 Å². The van der Waals surface area contributed by atoms with Crippen LogP contribution in [0.15, 0.2) is 24.3 Å². The monoisotopic (exact) mass is 288 g/mol. The normalized spacial score (nSPS) is 22.8. The zero-order chi connectivity index (χ0) is 15.5. The van der Waals surface area contributed by atoms with Gasteiger partial charge in [-0.3, -0.25) is 4.79 Å². The standard InChI is InChI=1S/C18H28N2O/c1-13-6-4-5-7-14(13)12-20-17(21)18(2,3)15-8-10-16(19)11-9-15/h8-11,13-14H,4-7,12,19H2,1-3H3,(H,20,21). The Bertz CT molecular complexity index is 478. The van der Waals surface area contributed by atoms with Crippen LogP contribution in [-0.4, -0.2) is 12.5 Å². The van der Waals surface area contributed by atoms with E-state index in [9.17, 15) is 4.79 Å². The van der Waals surface area contributed by atoms with E-state index in [0.717, 1.165) is 23.7 Å². The molecule has 3 N–H and O–H groups in total. The second-order valence-electron chi connectivity index (χ2n) is 6.98. The number of hydrogen-bond acceptors (Lipinski definition) is 2. The summed E-state index contributed by atoms with van der Waals surface area (Å²) in [6.45, 7) is 7.05. The predicted molar refractivity (Wildman–Crippen MR) is 88.0 cm³/mol. The summed E-state index contributed by atoms with van der Waals surface area (Å²) in [7, 11) is 0. The number of hydrogen-bond donors (Lipinski definition) is 2. The Balaban J connectivity index is 1.96. The molecule has 0 aromatic heterocycles. The molecule has 2 atom stereocenters. The van der Waals surface area contributed by atoms with Crippen LogP contribution in [-0.2, 0) is 10.2 Å². The summed E-state index contributed by atoms with van der Waals surface area (Å²) in [4.78, 5) is 12.6. The van der Waals surface area contributed by atoms with Crippen LogP contribution in [0.25, 0.3) is 0 Å². The van der Waals surface area contributed by atoms with E-state index in [2.05, 4.69) is 12.2 Å². The Morgan fingerprint density at radius 3 is 2.48 bits per heavy atom. The highest BCUT2D eigenvalue weighted by Gasteiger charge is 2.30. The molecule has 2 rings (SSSR count). The molecule has 1 saturated carbocycles. The lowest BCUT2D eigenvalue weighted by molar-refractivity contribution is -0.126. The number of rotatable bonds is 4. The average molecular weight is 288 g/mol. The van der Waals surface area contributed by atoms with Crippen LogP contribution < -0.4 is 11.1 Å². The SMILES string of the molecule is CC1CCCCC1CNC(=O)C(C)(C)c1ccc(N)cc1. The molecule has 0 bridgehead atoms. The van der Waals surface area contributed by atoms with Gasteiger partial charge in [-0.2, -0.15) is 0 Å². The first-order chi connectivity index (χ1) is 9.91. The Morgan fingerprint density at radius 2 is 1.86 bits per heavy atom. The molecule has 3 nitrogen and oxygen atoms in total. The molecule has 21 heavy (non-hydrogen) atoms. The fourth-order valence-corrected chi connectivity index (χ4v) is 3.17. The van der Waals surface area contributed by atoms with Crippen LogP contribution in [0.3, 0.4) is 0 Å². The van der Waals surface area contributed by atoms with Crippen LogP contribution in [0.4, 0.5) is 5.69 Å². The Labute approximate surface area is 128 Å². The van der Waals surface area contributed by atoms with Crippen LogP contribution in [0.5, 0.6) is 0 Å². The highest BCUT2D eigenvalue weighted by Crippen LogP contribution is 2.29. The lowest BCUT2D eigenvalue weighted by Gasteiger charge is -2.31. The van der Waals surface area contributed by atoms with Crippen molar-refractivity contribution in [2.75, 3.05) is 12.3 Å². The number of nitrogens with one attached hydrogen (secondary N) is 1. The van der Waals surface area contributed by atoms with E-state index in [4.69, 9.17) is 5.73 Å². The molecule has 1 aromatic rings. The maximum Gasteiger partial charge on any atom is 0.230 e. The van der Waals surface area contributed by atoms with Crippen molar-refractivity contribution in [2.45, 2.75) is 51.9 Å². The topological polar surface area (TPSA) is 55.1 Å². The van der Waals surface area contributed by atoms with Gasteiger partial charge in [0.15, 0.2) is 0 Å². The maximum atomic E-state index is 12.6. The largest absolute Gasteiger partial charge is 0.399 e. The zero-order valence-electron chi connectivity index (χ0n) is 13.5. The van der Waals surface area contributed by atoms with Crippen molar-refractivity contribution in [2.24, 2.45) is 11.8 Å². The molecule has 2 unspecified atom stereocenters. The summed E-state index contributed by atoms with van der Waals surface area (Å²) in [6, 6.07) is 7.59. The van der Waals surface area contributed by atoms with Crippen molar-refractivity contribution in [3.63, 3.8) is 0 Å². The third-order valence-electron chi connectivity index (χ3n) is 5.01. The molecule has 0 aliphatic heterocycles. The smallest absolute Gasteiger partial charge is 0.230 e. The lowest BCUT2D eigenvalue weighted by Crippen LogP contribution is -2.43. The summed E-state index contributed by atoms with van der Waals surface area (Å²) >= 11 is 0. The van der Waals surface area contributed by atoms with Crippen LogP contribution >= 0.6 is 0 Å². The third kappa shape index (κ3) is 3.78. The Kier molecular flexibility index (Phi) is 4.92. The maximum absolute atomic E-state index is 12.6. The van der Waals surface area contributed by atoms with E-state index < -0.39 is 5.41 Å². The number of nitrogens with two attached hydrogens (primary N) is 1. The molecule has 0 saturated heterocycles. The molecule has 3 heteroatoms. The molecule has 1 amide bonds. The van der Waals surface area contributed by atoms with E-state index in [1.54, 1.807) is 0 Å². The number of carbonyl (C=O) groups is 1. The molecule has 1 aliphatic rings. The molecule has 0 radical (unpaired) electrons. The van der Waals surface area contributed by atoms with Gasteiger partial charge in [0.25, 0.3) is 0 Å². The van der Waals surface area contributed by atoms with Gasteiger partial charge in [-0.25, -0.2) is 0 Å². The van der Waals surface area contributed by atoms with Crippen molar-refractivity contribution >= 4 is 11.6 Å². The van der Waals surface area contributed by atoms with E-state index in [-0.39, 0.29) is 5.91 Å².